The second-order valence-corrected chi connectivity index (χ2v) is 4.56. The summed E-state index contributed by atoms with van der Waals surface area (Å²) in [6.07, 6.45) is 2.10. The third-order valence-corrected chi connectivity index (χ3v) is 2.94. The topological polar surface area (TPSA) is 60.9 Å². The Morgan fingerprint density at radius 2 is 2.19 bits per heavy atom. The molecule has 16 heavy (non-hydrogen) atoms. The van der Waals surface area contributed by atoms with Crippen molar-refractivity contribution in [1.29, 1.82) is 0 Å². The Bertz CT molecular complexity index is 268. The second-order valence-electron chi connectivity index (χ2n) is 4.56. The Hall–Kier alpha value is -1.10. The van der Waals surface area contributed by atoms with E-state index in [4.69, 9.17) is 5.11 Å². The van der Waals surface area contributed by atoms with Crippen LogP contribution < -0.4 is 0 Å². The minimum atomic E-state index is -0.804. The molecule has 1 atom stereocenters. The highest BCUT2D eigenvalue weighted by atomic mass is 16.4. The van der Waals surface area contributed by atoms with Crippen molar-refractivity contribution in [1.82, 2.24) is 9.80 Å². The Labute approximate surface area is 96.0 Å². The van der Waals surface area contributed by atoms with Gasteiger partial charge in [0.2, 0.25) is 5.91 Å². The smallest absolute Gasteiger partial charge is 0.317 e. The first kappa shape index (κ1) is 13.0. The molecule has 1 aliphatic heterocycles. The molecule has 5 heteroatoms. The van der Waals surface area contributed by atoms with Crippen molar-refractivity contribution in [3.8, 4) is 0 Å². The number of hydrogen-bond donors (Lipinski definition) is 1. The van der Waals surface area contributed by atoms with Crippen LogP contribution in [0.4, 0.5) is 0 Å². The number of carboxylic acid groups (broad SMARTS) is 1. The van der Waals surface area contributed by atoms with Crippen LogP contribution in [0, 0.1) is 5.92 Å². The average Bonchev–Trinajstić information content (AvgIpc) is 2.16. The van der Waals surface area contributed by atoms with Crippen molar-refractivity contribution in [2.45, 2.75) is 19.8 Å². The summed E-state index contributed by atoms with van der Waals surface area (Å²) in [7, 11) is 1.81. The van der Waals surface area contributed by atoms with Crippen LogP contribution in [0.5, 0.6) is 0 Å². The Kier molecular flexibility index (Phi) is 4.73. The lowest BCUT2D eigenvalue weighted by Gasteiger charge is -2.33. The maximum atomic E-state index is 11.2. The molecule has 1 amide bonds. The number of carbonyl (C=O) groups is 2. The zero-order chi connectivity index (χ0) is 12.1. The van der Waals surface area contributed by atoms with Crippen LogP contribution in [0.1, 0.15) is 19.8 Å². The summed E-state index contributed by atoms with van der Waals surface area (Å²) in [4.78, 5) is 25.4. The van der Waals surface area contributed by atoms with Gasteiger partial charge in [-0.15, -0.1) is 0 Å². The van der Waals surface area contributed by atoms with E-state index >= 15 is 0 Å². The predicted molar refractivity (Wildman–Crippen MR) is 60.1 cm³/mol. The van der Waals surface area contributed by atoms with Gasteiger partial charge in [0.05, 0.1) is 6.54 Å². The molecule has 5 nitrogen and oxygen atoms in total. The van der Waals surface area contributed by atoms with Crippen molar-refractivity contribution in [2.24, 2.45) is 5.92 Å². The molecule has 92 valence electrons. The first-order valence-electron chi connectivity index (χ1n) is 5.65. The van der Waals surface area contributed by atoms with E-state index in [1.54, 1.807) is 18.9 Å². The van der Waals surface area contributed by atoms with Crippen molar-refractivity contribution in [2.75, 3.05) is 33.2 Å². The molecule has 1 aliphatic rings. The van der Waals surface area contributed by atoms with E-state index < -0.39 is 5.97 Å². The number of nitrogens with zero attached hydrogens (tertiary/aromatic N) is 2. The summed E-state index contributed by atoms with van der Waals surface area (Å²) in [5.41, 5.74) is 0. The van der Waals surface area contributed by atoms with Crippen LogP contribution in [0.2, 0.25) is 0 Å². The first-order valence-corrected chi connectivity index (χ1v) is 5.65. The number of piperidine rings is 1. The number of hydrogen-bond acceptors (Lipinski definition) is 3. The lowest BCUT2D eigenvalue weighted by Crippen LogP contribution is -2.43. The molecule has 0 unspecified atom stereocenters. The summed E-state index contributed by atoms with van der Waals surface area (Å²) < 4.78 is 0. The van der Waals surface area contributed by atoms with Crippen molar-refractivity contribution in [3.63, 3.8) is 0 Å². The zero-order valence-electron chi connectivity index (χ0n) is 9.98. The number of aliphatic carboxylic acids is 1. The molecule has 0 aromatic rings. The summed E-state index contributed by atoms with van der Waals surface area (Å²) in [5, 5.41) is 8.65. The highest BCUT2D eigenvalue weighted by Crippen LogP contribution is 2.17. The van der Waals surface area contributed by atoms with E-state index in [2.05, 4.69) is 0 Å². The van der Waals surface area contributed by atoms with Crippen LogP contribution in [0.15, 0.2) is 0 Å². The molecular formula is C11H20N2O3. The minimum absolute atomic E-state index is 0.0660. The molecule has 0 bridgehead atoms. The van der Waals surface area contributed by atoms with Gasteiger partial charge in [0.25, 0.3) is 0 Å². The Morgan fingerprint density at radius 1 is 1.50 bits per heavy atom. The quantitative estimate of drug-likeness (QED) is 0.750. The van der Waals surface area contributed by atoms with Gasteiger partial charge in [0.15, 0.2) is 0 Å². The van der Waals surface area contributed by atoms with Crippen LogP contribution in [-0.4, -0.2) is 60.0 Å². The number of carbonyl (C=O) groups excluding carboxylic acids is 1. The molecule has 1 rings (SSSR count). The molecule has 0 radical (unpaired) electrons. The molecule has 0 aromatic carbocycles. The van der Waals surface area contributed by atoms with Crippen LogP contribution in [0.3, 0.4) is 0 Å². The van der Waals surface area contributed by atoms with Gasteiger partial charge in [-0.1, -0.05) is 0 Å². The summed E-state index contributed by atoms with van der Waals surface area (Å²) in [5.74, 6) is -0.283. The minimum Gasteiger partial charge on any atom is -0.480 e. The summed E-state index contributed by atoms with van der Waals surface area (Å²) in [6, 6.07) is 0. The largest absolute Gasteiger partial charge is 0.480 e. The number of likely N-dealkylation sites (N-methyl/N-ethyl adjacent to an activating group) is 1. The lowest BCUT2D eigenvalue weighted by molar-refractivity contribution is -0.138. The molecule has 1 saturated heterocycles. The monoisotopic (exact) mass is 228 g/mol. The van der Waals surface area contributed by atoms with Crippen LogP contribution in [-0.2, 0) is 9.59 Å². The maximum Gasteiger partial charge on any atom is 0.317 e. The second kappa shape index (κ2) is 5.84. The fourth-order valence-electron chi connectivity index (χ4n) is 2.24. The van der Waals surface area contributed by atoms with Gasteiger partial charge < -0.3 is 10.0 Å². The summed E-state index contributed by atoms with van der Waals surface area (Å²) >= 11 is 0. The van der Waals surface area contributed by atoms with E-state index in [0.717, 1.165) is 32.5 Å². The standard InChI is InChI=1S/C11H20N2O3/c1-9(14)13-5-3-4-10(7-13)6-12(2)8-11(15)16/h10H,3-8H2,1-2H3,(H,15,16)/t10-/m1/s1. The van der Waals surface area contributed by atoms with Gasteiger partial charge in [-0.05, 0) is 25.8 Å². The molecular weight excluding hydrogens is 208 g/mol. The van der Waals surface area contributed by atoms with Gasteiger partial charge in [-0.2, -0.15) is 0 Å². The number of rotatable bonds is 4. The molecule has 1 heterocycles. The average molecular weight is 228 g/mol. The Morgan fingerprint density at radius 3 is 2.75 bits per heavy atom. The fourth-order valence-corrected chi connectivity index (χ4v) is 2.24. The van der Waals surface area contributed by atoms with E-state index in [9.17, 15) is 9.59 Å². The Balaban J connectivity index is 2.36. The van der Waals surface area contributed by atoms with Crippen molar-refractivity contribution >= 4 is 11.9 Å². The number of likely N-dealkylation sites (tertiary alicyclic amines) is 1. The molecule has 0 aliphatic carbocycles. The lowest BCUT2D eigenvalue weighted by atomic mass is 9.97. The normalized spacial score (nSPS) is 21.2. The van der Waals surface area contributed by atoms with E-state index in [1.807, 2.05) is 4.90 Å². The summed E-state index contributed by atoms with van der Waals surface area (Å²) in [6.45, 7) is 4.00. The van der Waals surface area contributed by atoms with E-state index in [-0.39, 0.29) is 12.5 Å². The first-order chi connectivity index (χ1) is 7.49. The van der Waals surface area contributed by atoms with Gasteiger partial charge in [-0.25, -0.2) is 0 Å². The predicted octanol–water partition coefficient (Wildman–Crippen LogP) is 0.261. The van der Waals surface area contributed by atoms with Crippen molar-refractivity contribution in [3.05, 3.63) is 0 Å². The van der Waals surface area contributed by atoms with Gasteiger partial charge in [0, 0.05) is 26.6 Å². The molecule has 0 aromatic heterocycles. The highest BCUT2D eigenvalue weighted by molar-refractivity contribution is 5.73. The fraction of sp³-hybridized carbons (Fsp3) is 0.818. The van der Waals surface area contributed by atoms with Crippen molar-refractivity contribution < 1.29 is 14.7 Å². The van der Waals surface area contributed by atoms with Gasteiger partial charge in [-0.3, -0.25) is 14.5 Å². The van der Waals surface area contributed by atoms with Crippen LogP contribution in [0.25, 0.3) is 0 Å². The van der Waals surface area contributed by atoms with Gasteiger partial charge in [0.1, 0.15) is 0 Å². The van der Waals surface area contributed by atoms with Crippen LogP contribution >= 0.6 is 0 Å². The maximum absolute atomic E-state index is 11.2. The zero-order valence-corrected chi connectivity index (χ0v) is 9.98. The third kappa shape index (κ3) is 4.18. The number of amides is 1. The van der Waals surface area contributed by atoms with Gasteiger partial charge >= 0.3 is 5.97 Å². The third-order valence-electron chi connectivity index (χ3n) is 2.94. The molecule has 0 spiro atoms. The number of carboxylic acids is 1. The molecule has 1 fully saturated rings. The SMILES string of the molecule is CC(=O)N1CCC[C@H](CN(C)CC(=O)O)C1. The highest BCUT2D eigenvalue weighted by Gasteiger charge is 2.22. The van der Waals surface area contributed by atoms with E-state index in [0.29, 0.717) is 5.92 Å². The molecule has 0 saturated carbocycles. The van der Waals surface area contributed by atoms with E-state index in [1.165, 1.54) is 0 Å². The molecule has 1 N–H and O–H groups in total.